The zero-order valence-corrected chi connectivity index (χ0v) is 14.6. The molecule has 1 N–H and O–H groups in total. The number of nitrogens with zero attached hydrogens (tertiary/aromatic N) is 4. The normalized spacial score (nSPS) is 18.3. The number of halogens is 2. The van der Waals surface area contributed by atoms with Gasteiger partial charge in [-0.25, -0.2) is 8.78 Å². The first kappa shape index (κ1) is 16.9. The molecule has 0 unspecified atom stereocenters. The zero-order valence-electron chi connectivity index (χ0n) is 14.6. The van der Waals surface area contributed by atoms with Crippen molar-refractivity contribution in [2.75, 3.05) is 13.1 Å². The van der Waals surface area contributed by atoms with E-state index in [2.05, 4.69) is 20.2 Å². The zero-order chi connectivity index (χ0) is 18.1. The molecule has 0 spiro atoms. The highest BCUT2D eigenvalue weighted by Gasteiger charge is 2.26. The summed E-state index contributed by atoms with van der Waals surface area (Å²) < 4.78 is 29.3. The fourth-order valence-corrected chi connectivity index (χ4v) is 3.78. The molecule has 136 valence electrons. The summed E-state index contributed by atoms with van der Waals surface area (Å²) >= 11 is 0. The molecule has 5 nitrogen and oxygen atoms in total. The second-order valence-electron chi connectivity index (χ2n) is 6.92. The van der Waals surface area contributed by atoms with E-state index in [1.807, 2.05) is 19.4 Å². The molecule has 1 fully saturated rings. The Balaban J connectivity index is 1.55. The number of aromatic amines is 1. The van der Waals surface area contributed by atoms with Crippen LogP contribution in [-0.2, 0) is 13.6 Å². The lowest BCUT2D eigenvalue weighted by Crippen LogP contribution is -2.34. The van der Waals surface area contributed by atoms with Crippen LogP contribution in [0.3, 0.4) is 0 Å². The van der Waals surface area contributed by atoms with Gasteiger partial charge < -0.3 is 0 Å². The van der Waals surface area contributed by atoms with Gasteiger partial charge in [0.15, 0.2) is 0 Å². The van der Waals surface area contributed by atoms with Crippen molar-refractivity contribution >= 4 is 0 Å². The number of rotatable bonds is 4. The molecule has 4 rings (SSSR count). The number of H-pyrrole nitrogens is 1. The molecule has 1 aliphatic heterocycles. The molecule has 1 aromatic carbocycles. The van der Waals surface area contributed by atoms with Gasteiger partial charge in [0.05, 0.1) is 12.4 Å². The molecule has 3 aromatic rings. The first-order valence-electron chi connectivity index (χ1n) is 8.78. The fourth-order valence-electron chi connectivity index (χ4n) is 3.78. The summed E-state index contributed by atoms with van der Waals surface area (Å²) in [7, 11) is 1.91. The second kappa shape index (κ2) is 6.99. The first-order valence-corrected chi connectivity index (χ1v) is 8.78. The summed E-state index contributed by atoms with van der Waals surface area (Å²) in [5.41, 5.74) is 3.21. The highest BCUT2D eigenvalue weighted by molar-refractivity contribution is 5.66. The van der Waals surface area contributed by atoms with Gasteiger partial charge in [0.2, 0.25) is 0 Å². The Morgan fingerprint density at radius 1 is 1.23 bits per heavy atom. The number of nitrogens with one attached hydrogen (secondary N) is 1. The summed E-state index contributed by atoms with van der Waals surface area (Å²) in [6.07, 6.45) is 7.63. The highest BCUT2D eigenvalue weighted by atomic mass is 19.1. The van der Waals surface area contributed by atoms with Crippen LogP contribution in [0.25, 0.3) is 11.1 Å². The Morgan fingerprint density at radius 3 is 2.88 bits per heavy atom. The molecule has 1 aliphatic rings. The summed E-state index contributed by atoms with van der Waals surface area (Å²) in [5.74, 6) is -0.894. The Labute approximate surface area is 150 Å². The smallest absolute Gasteiger partial charge is 0.134 e. The summed E-state index contributed by atoms with van der Waals surface area (Å²) in [6, 6.07) is 3.68. The number of piperidine rings is 1. The van der Waals surface area contributed by atoms with Crippen molar-refractivity contribution in [3.05, 3.63) is 59.7 Å². The molecule has 7 heteroatoms. The van der Waals surface area contributed by atoms with Gasteiger partial charge in [-0.3, -0.25) is 14.7 Å². The minimum absolute atomic E-state index is 0.238. The van der Waals surface area contributed by atoms with E-state index in [0.29, 0.717) is 5.56 Å². The van der Waals surface area contributed by atoms with Crippen molar-refractivity contribution in [3.8, 4) is 11.1 Å². The van der Waals surface area contributed by atoms with Gasteiger partial charge in [-0.05, 0) is 31.5 Å². The number of aryl methyl sites for hydroxylation is 1. The molecular formula is C19H21F2N5. The van der Waals surface area contributed by atoms with Crippen molar-refractivity contribution in [1.29, 1.82) is 0 Å². The average molecular weight is 357 g/mol. The SMILES string of the molecule is Cn1cc(CN2CCC[C@H](c3[nH]ncc3-c3ccc(F)cc3F)C2)cn1. The average Bonchev–Trinajstić information content (AvgIpc) is 3.24. The van der Waals surface area contributed by atoms with E-state index in [0.717, 1.165) is 49.8 Å². The maximum Gasteiger partial charge on any atom is 0.134 e. The molecule has 0 amide bonds. The Bertz CT molecular complexity index is 901. The first-order chi connectivity index (χ1) is 12.6. The van der Waals surface area contributed by atoms with Gasteiger partial charge in [0, 0.05) is 60.7 Å². The van der Waals surface area contributed by atoms with E-state index >= 15 is 0 Å². The summed E-state index contributed by atoms with van der Waals surface area (Å²) in [6.45, 7) is 2.74. The Kier molecular flexibility index (Phi) is 4.55. The van der Waals surface area contributed by atoms with Crippen molar-refractivity contribution in [2.24, 2.45) is 7.05 Å². The summed E-state index contributed by atoms with van der Waals surface area (Å²) in [4.78, 5) is 2.39. The van der Waals surface area contributed by atoms with Crippen molar-refractivity contribution in [3.63, 3.8) is 0 Å². The quantitative estimate of drug-likeness (QED) is 0.778. The Morgan fingerprint density at radius 2 is 2.12 bits per heavy atom. The number of benzene rings is 1. The molecule has 26 heavy (non-hydrogen) atoms. The lowest BCUT2D eigenvalue weighted by molar-refractivity contribution is 0.198. The number of likely N-dealkylation sites (tertiary alicyclic amines) is 1. The summed E-state index contributed by atoms with van der Waals surface area (Å²) in [5, 5.41) is 11.4. The third-order valence-corrected chi connectivity index (χ3v) is 4.97. The van der Waals surface area contributed by atoms with Crippen LogP contribution in [0.15, 0.2) is 36.8 Å². The fraction of sp³-hybridized carbons (Fsp3) is 0.368. The van der Waals surface area contributed by atoms with E-state index < -0.39 is 11.6 Å². The van der Waals surface area contributed by atoms with E-state index in [-0.39, 0.29) is 5.92 Å². The number of aromatic nitrogens is 4. The van der Waals surface area contributed by atoms with Crippen molar-refractivity contribution in [1.82, 2.24) is 24.9 Å². The molecule has 0 radical (unpaired) electrons. The molecule has 1 saturated heterocycles. The van der Waals surface area contributed by atoms with Gasteiger partial charge in [0.1, 0.15) is 11.6 Å². The number of hydrogen-bond acceptors (Lipinski definition) is 3. The van der Waals surface area contributed by atoms with E-state index in [9.17, 15) is 8.78 Å². The van der Waals surface area contributed by atoms with Crippen LogP contribution in [0, 0.1) is 11.6 Å². The van der Waals surface area contributed by atoms with Gasteiger partial charge in [-0.1, -0.05) is 0 Å². The van der Waals surface area contributed by atoms with Crippen LogP contribution in [0.4, 0.5) is 8.78 Å². The monoisotopic (exact) mass is 357 g/mol. The van der Waals surface area contributed by atoms with Crippen molar-refractivity contribution in [2.45, 2.75) is 25.3 Å². The van der Waals surface area contributed by atoms with Crippen LogP contribution in [0.2, 0.25) is 0 Å². The lowest BCUT2D eigenvalue weighted by Gasteiger charge is -2.32. The second-order valence-corrected chi connectivity index (χ2v) is 6.92. The molecular weight excluding hydrogens is 336 g/mol. The topological polar surface area (TPSA) is 49.7 Å². The van der Waals surface area contributed by atoms with Crippen LogP contribution < -0.4 is 0 Å². The number of hydrogen-bond donors (Lipinski definition) is 1. The predicted molar refractivity (Wildman–Crippen MR) is 94.4 cm³/mol. The maximum atomic E-state index is 14.2. The van der Waals surface area contributed by atoms with Gasteiger partial charge in [0.25, 0.3) is 0 Å². The molecule has 1 atom stereocenters. The maximum absolute atomic E-state index is 14.2. The molecule has 0 bridgehead atoms. The van der Waals surface area contributed by atoms with E-state index in [1.165, 1.54) is 17.7 Å². The van der Waals surface area contributed by atoms with Gasteiger partial charge in [-0.15, -0.1) is 0 Å². The van der Waals surface area contributed by atoms with Crippen LogP contribution >= 0.6 is 0 Å². The molecule has 0 saturated carbocycles. The molecule has 2 aromatic heterocycles. The molecule has 3 heterocycles. The third kappa shape index (κ3) is 3.39. The third-order valence-electron chi connectivity index (χ3n) is 4.97. The van der Waals surface area contributed by atoms with Crippen LogP contribution in [0.5, 0.6) is 0 Å². The minimum Gasteiger partial charge on any atom is -0.298 e. The van der Waals surface area contributed by atoms with Gasteiger partial charge >= 0.3 is 0 Å². The van der Waals surface area contributed by atoms with E-state index in [1.54, 1.807) is 10.9 Å². The van der Waals surface area contributed by atoms with Crippen LogP contribution in [0.1, 0.15) is 30.0 Å². The highest BCUT2D eigenvalue weighted by Crippen LogP contribution is 2.34. The largest absolute Gasteiger partial charge is 0.298 e. The molecule has 0 aliphatic carbocycles. The van der Waals surface area contributed by atoms with E-state index in [4.69, 9.17) is 0 Å². The lowest BCUT2D eigenvalue weighted by atomic mass is 9.90. The minimum atomic E-state index is -0.573. The standard InChI is InChI=1S/C19H21F2N5/c1-25-10-13(8-23-25)11-26-6-2-3-14(12-26)19-17(9-22-24-19)16-5-4-15(20)7-18(16)21/h4-5,7-10,14H,2-3,6,11-12H2,1H3,(H,22,24)/t14-/m0/s1. The van der Waals surface area contributed by atoms with Gasteiger partial charge in [-0.2, -0.15) is 10.2 Å². The predicted octanol–water partition coefficient (Wildman–Crippen LogP) is 3.47. The van der Waals surface area contributed by atoms with Crippen LogP contribution in [-0.4, -0.2) is 38.0 Å². The van der Waals surface area contributed by atoms with Crippen molar-refractivity contribution < 1.29 is 8.78 Å². The Hall–Kier alpha value is -2.54.